The number of fused-ring (bicyclic) bond motifs is 1. The fourth-order valence-electron chi connectivity index (χ4n) is 2.77. The van der Waals surface area contributed by atoms with Crippen LogP contribution in [0.5, 0.6) is 11.5 Å². The number of anilines is 1. The van der Waals surface area contributed by atoms with Gasteiger partial charge < -0.3 is 15.2 Å². The van der Waals surface area contributed by atoms with Crippen molar-refractivity contribution in [2.75, 3.05) is 12.4 Å². The number of rotatable bonds is 3. The zero-order chi connectivity index (χ0) is 15.0. The van der Waals surface area contributed by atoms with Crippen molar-refractivity contribution in [3.05, 3.63) is 50.4 Å². The van der Waals surface area contributed by atoms with Gasteiger partial charge in [0.1, 0.15) is 11.5 Å². The van der Waals surface area contributed by atoms with Gasteiger partial charge in [0.15, 0.2) is 0 Å². The molecular formula is C16H15Br2NO2. The van der Waals surface area contributed by atoms with Gasteiger partial charge >= 0.3 is 0 Å². The Kier molecular flexibility index (Phi) is 4.13. The Hall–Kier alpha value is -1.20. The summed E-state index contributed by atoms with van der Waals surface area (Å²) in [5.41, 5.74) is 3.20. The van der Waals surface area contributed by atoms with Gasteiger partial charge in [0, 0.05) is 10.5 Å². The summed E-state index contributed by atoms with van der Waals surface area (Å²) in [5, 5.41) is 13.5. The molecule has 3 nitrogen and oxygen atoms in total. The van der Waals surface area contributed by atoms with E-state index < -0.39 is 0 Å². The monoisotopic (exact) mass is 411 g/mol. The maximum Gasteiger partial charge on any atom is 0.135 e. The molecule has 0 aromatic heterocycles. The van der Waals surface area contributed by atoms with Crippen LogP contribution in [0, 0.1) is 0 Å². The van der Waals surface area contributed by atoms with Crippen LogP contribution in [-0.4, -0.2) is 12.2 Å². The lowest BCUT2D eigenvalue weighted by molar-refractivity contribution is 0.412. The molecule has 0 radical (unpaired) electrons. The van der Waals surface area contributed by atoms with Crippen LogP contribution in [-0.2, 0) is 6.42 Å². The van der Waals surface area contributed by atoms with E-state index in [4.69, 9.17) is 4.74 Å². The Bertz CT molecular complexity index is 688. The van der Waals surface area contributed by atoms with Gasteiger partial charge in [-0.25, -0.2) is 0 Å². The summed E-state index contributed by atoms with van der Waals surface area (Å²) in [5.74, 6) is 1.18. The minimum absolute atomic E-state index is 0.203. The second-order valence-corrected chi connectivity index (χ2v) is 6.76. The van der Waals surface area contributed by atoms with Crippen molar-refractivity contribution in [2.24, 2.45) is 0 Å². The molecule has 5 heteroatoms. The van der Waals surface area contributed by atoms with E-state index in [1.165, 1.54) is 5.56 Å². The van der Waals surface area contributed by atoms with Crippen molar-refractivity contribution >= 4 is 37.5 Å². The summed E-state index contributed by atoms with van der Waals surface area (Å²) < 4.78 is 7.23. The molecule has 21 heavy (non-hydrogen) atoms. The molecule has 0 saturated heterocycles. The third kappa shape index (κ3) is 2.77. The molecule has 2 N–H and O–H groups in total. The Morgan fingerprint density at radius 1 is 1.24 bits per heavy atom. The molecule has 0 saturated carbocycles. The standard InChI is InChI=1S/C16H15Br2NO2/c1-21-16-8-14(11(17)7-12(16)18)19-13-6-5-10-9(13)3-2-4-15(10)20/h2-4,7-8,13,19-20H,5-6H2,1H3. The molecule has 2 aromatic carbocycles. The fraction of sp³-hybridized carbons (Fsp3) is 0.250. The number of hydrogen-bond acceptors (Lipinski definition) is 3. The van der Waals surface area contributed by atoms with Crippen LogP contribution in [0.15, 0.2) is 39.3 Å². The lowest BCUT2D eigenvalue weighted by atomic mass is 10.1. The van der Waals surface area contributed by atoms with Gasteiger partial charge in [-0.15, -0.1) is 0 Å². The molecule has 110 valence electrons. The third-order valence-corrected chi connectivity index (χ3v) is 5.09. The van der Waals surface area contributed by atoms with Crippen molar-refractivity contribution < 1.29 is 9.84 Å². The van der Waals surface area contributed by atoms with Gasteiger partial charge in [-0.2, -0.15) is 0 Å². The number of phenolic OH excluding ortho intramolecular Hbond substituents is 1. The molecular weight excluding hydrogens is 398 g/mol. The van der Waals surface area contributed by atoms with Crippen LogP contribution in [0.3, 0.4) is 0 Å². The van der Waals surface area contributed by atoms with Gasteiger partial charge in [-0.3, -0.25) is 0 Å². The van der Waals surface area contributed by atoms with Gasteiger partial charge in [-0.05, 0) is 68.0 Å². The van der Waals surface area contributed by atoms with Gasteiger partial charge in [0.05, 0.1) is 23.3 Å². The van der Waals surface area contributed by atoms with Crippen LogP contribution in [0.25, 0.3) is 0 Å². The number of nitrogens with one attached hydrogen (secondary N) is 1. The predicted molar refractivity (Wildman–Crippen MR) is 91.2 cm³/mol. The summed E-state index contributed by atoms with van der Waals surface area (Å²) in [6.45, 7) is 0. The Morgan fingerprint density at radius 3 is 2.81 bits per heavy atom. The summed E-state index contributed by atoms with van der Waals surface area (Å²) in [6, 6.07) is 9.86. The molecule has 1 aliphatic carbocycles. The minimum atomic E-state index is 0.203. The van der Waals surface area contributed by atoms with Gasteiger partial charge in [0.25, 0.3) is 0 Å². The molecule has 1 aliphatic rings. The normalized spacial score (nSPS) is 16.6. The van der Waals surface area contributed by atoms with E-state index in [0.29, 0.717) is 5.75 Å². The first-order chi connectivity index (χ1) is 10.1. The zero-order valence-electron chi connectivity index (χ0n) is 11.5. The molecule has 1 atom stereocenters. The molecule has 2 aromatic rings. The zero-order valence-corrected chi connectivity index (χ0v) is 14.7. The fourth-order valence-corrected chi connectivity index (χ4v) is 4.04. The topological polar surface area (TPSA) is 41.5 Å². The average Bonchev–Trinajstić information content (AvgIpc) is 2.86. The van der Waals surface area contributed by atoms with Crippen LogP contribution in [0.4, 0.5) is 5.69 Å². The lowest BCUT2D eigenvalue weighted by Gasteiger charge is -2.18. The molecule has 0 bridgehead atoms. The molecule has 3 rings (SSSR count). The van der Waals surface area contributed by atoms with E-state index in [1.807, 2.05) is 18.2 Å². The van der Waals surface area contributed by atoms with E-state index in [1.54, 1.807) is 13.2 Å². The van der Waals surface area contributed by atoms with Crippen molar-refractivity contribution in [3.8, 4) is 11.5 Å². The summed E-state index contributed by atoms with van der Waals surface area (Å²) in [4.78, 5) is 0. The highest BCUT2D eigenvalue weighted by Crippen LogP contribution is 2.41. The second kappa shape index (κ2) is 5.89. The van der Waals surface area contributed by atoms with E-state index in [2.05, 4.69) is 43.2 Å². The predicted octanol–water partition coefficient (Wildman–Crippen LogP) is 5.03. The Morgan fingerprint density at radius 2 is 2.05 bits per heavy atom. The number of benzene rings is 2. The average molecular weight is 413 g/mol. The summed E-state index contributed by atoms with van der Waals surface area (Å²) in [6.07, 6.45) is 1.86. The Balaban J connectivity index is 1.91. The highest BCUT2D eigenvalue weighted by molar-refractivity contribution is 9.11. The number of methoxy groups -OCH3 is 1. The summed E-state index contributed by atoms with van der Waals surface area (Å²) >= 11 is 7.05. The molecule has 0 heterocycles. The van der Waals surface area contributed by atoms with E-state index >= 15 is 0 Å². The highest BCUT2D eigenvalue weighted by Gasteiger charge is 2.25. The molecule has 0 spiro atoms. The first kappa shape index (κ1) is 14.7. The second-order valence-electron chi connectivity index (χ2n) is 5.05. The smallest absolute Gasteiger partial charge is 0.135 e. The van der Waals surface area contributed by atoms with Crippen LogP contribution in [0.2, 0.25) is 0 Å². The molecule has 0 fully saturated rings. The van der Waals surface area contributed by atoms with Crippen molar-refractivity contribution in [1.82, 2.24) is 0 Å². The van der Waals surface area contributed by atoms with Crippen molar-refractivity contribution in [1.29, 1.82) is 0 Å². The Labute approximate surface area is 140 Å². The van der Waals surface area contributed by atoms with Crippen molar-refractivity contribution in [2.45, 2.75) is 18.9 Å². The number of aromatic hydroxyl groups is 1. The van der Waals surface area contributed by atoms with Crippen LogP contribution in [0.1, 0.15) is 23.6 Å². The molecule has 1 unspecified atom stereocenters. The number of phenols is 1. The van der Waals surface area contributed by atoms with E-state index in [0.717, 1.165) is 38.8 Å². The maximum absolute atomic E-state index is 9.93. The molecule has 0 amide bonds. The minimum Gasteiger partial charge on any atom is -0.508 e. The summed E-state index contributed by atoms with van der Waals surface area (Å²) in [7, 11) is 1.65. The van der Waals surface area contributed by atoms with E-state index in [9.17, 15) is 5.11 Å². The van der Waals surface area contributed by atoms with Gasteiger partial charge in [-0.1, -0.05) is 12.1 Å². The first-order valence-corrected chi connectivity index (χ1v) is 8.29. The first-order valence-electron chi connectivity index (χ1n) is 6.70. The van der Waals surface area contributed by atoms with Gasteiger partial charge in [0.2, 0.25) is 0 Å². The molecule has 0 aliphatic heterocycles. The number of halogens is 2. The highest BCUT2D eigenvalue weighted by atomic mass is 79.9. The maximum atomic E-state index is 9.93. The van der Waals surface area contributed by atoms with E-state index in [-0.39, 0.29) is 6.04 Å². The largest absolute Gasteiger partial charge is 0.508 e. The SMILES string of the molecule is COc1cc(NC2CCc3c(O)cccc32)c(Br)cc1Br. The lowest BCUT2D eigenvalue weighted by Crippen LogP contribution is -2.07. The number of ether oxygens (including phenoxy) is 1. The van der Waals surface area contributed by atoms with Crippen molar-refractivity contribution in [3.63, 3.8) is 0 Å². The van der Waals surface area contributed by atoms with Crippen LogP contribution < -0.4 is 10.1 Å². The number of hydrogen-bond donors (Lipinski definition) is 2. The van der Waals surface area contributed by atoms with Crippen LogP contribution >= 0.6 is 31.9 Å². The quantitative estimate of drug-likeness (QED) is 0.743. The third-order valence-electron chi connectivity index (χ3n) is 3.82.